The standard InChI is InChI=1S/C33H34N2O/c1-27(26-36-33(30-18-10-4-11-19-30)31-20-12-5-13-21-31)34-22-24-35(25-23-34)32(28-14-6-2-7-15-28)29-16-8-3-9-17-29/h2-21,32-33H,1,22-26H2. The Morgan fingerprint density at radius 1 is 0.583 bits per heavy atom. The molecule has 1 saturated heterocycles. The van der Waals surface area contributed by atoms with Crippen LogP contribution in [0.2, 0.25) is 0 Å². The molecule has 1 heterocycles. The first-order chi connectivity index (χ1) is 17.8. The molecule has 0 unspecified atom stereocenters. The molecule has 4 aromatic rings. The maximum atomic E-state index is 6.49. The van der Waals surface area contributed by atoms with Gasteiger partial charge in [-0.3, -0.25) is 4.90 Å². The van der Waals surface area contributed by atoms with Gasteiger partial charge in [0, 0.05) is 31.9 Å². The maximum Gasteiger partial charge on any atom is 0.108 e. The second-order valence-electron chi connectivity index (χ2n) is 9.33. The first-order valence-corrected chi connectivity index (χ1v) is 12.8. The highest BCUT2D eigenvalue weighted by atomic mass is 16.5. The fraction of sp³-hybridized carbons (Fsp3) is 0.212. The van der Waals surface area contributed by atoms with Crippen molar-refractivity contribution in [3.05, 3.63) is 156 Å². The van der Waals surface area contributed by atoms with Crippen LogP contribution in [0.4, 0.5) is 0 Å². The third-order valence-corrected chi connectivity index (χ3v) is 6.98. The monoisotopic (exact) mass is 474 g/mol. The van der Waals surface area contributed by atoms with Gasteiger partial charge in [-0.05, 0) is 22.3 Å². The van der Waals surface area contributed by atoms with E-state index in [-0.39, 0.29) is 12.1 Å². The van der Waals surface area contributed by atoms with Gasteiger partial charge < -0.3 is 9.64 Å². The smallest absolute Gasteiger partial charge is 0.108 e. The molecule has 1 aliphatic heterocycles. The molecule has 4 aromatic carbocycles. The Bertz CT molecular complexity index is 1120. The molecule has 5 rings (SSSR count). The van der Waals surface area contributed by atoms with Crippen molar-refractivity contribution in [3.63, 3.8) is 0 Å². The second kappa shape index (κ2) is 11.9. The third-order valence-electron chi connectivity index (χ3n) is 6.98. The van der Waals surface area contributed by atoms with Crippen LogP contribution in [0.25, 0.3) is 0 Å². The van der Waals surface area contributed by atoms with Gasteiger partial charge >= 0.3 is 0 Å². The Hall–Kier alpha value is -3.66. The molecule has 0 saturated carbocycles. The molecule has 182 valence electrons. The van der Waals surface area contributed by atoms with Crippen LogP contribution in [0.15, 0.2) is 134 Å². The number of piperazine rings is 1. The Labute approximate surface area is 215 Å². The molecule has 0 aliphatic carbocycles. The quantitative estimate of drug-likeness (QED) is 0.268. The SMILES string of the molecule is C=C(COC(c1ccccc1)c1ccccc1)N1CCN(C(c2ccccc2)c2ccccc2)CC1. The second-order valence-corrected chi connectivity index (χ2v) is 9.33. The summed E-state index contributed by atoms with van der Waals surface area (Å²) in [6.07, 6.45) is -0.106. The molecular formula is C33H34N2O. The van der Waals surface area contributed by atoms with Gasteiger partial charge in [0.15, 0.2) is 0 Å². The van der Waals surface area contributed by atoms with Gasteiger partial charge in [-0.2, -0.15) is 0 Å². The van der Waals surface area contributed by atoms with Crippen molar-refractivity contribution in [2.24, 2.45) is 0 Å². The molecule has 36 heavy (non-hydrogen) atoms. The van der Waals surface area contributed by atoms with E-state index in [4.69, 9.17) is 4.74 Å². The topological polar surface area (TPSA) is 15.7 Å². The highest BCUT2D eigenvalue weighted by molar-refractivity contribution is 5.32. The van der Waals surface area contributed by atoms with Gasteiger partial charge in [-0.25, -0.2) is 0 Å². The molecular weight excluding hydrogens is 440 g/mol. The Morgan fingerprint density at radius 3 is 1.39 bits per heavy atom. The van der Waals surface area contributed by atoms with E-state index in [1.807, 2.05) is 12.1 Å². The van der Waals surface area contributed by atoms with Crippen LogP contribution in [-0.2, 0) is 4.74 Å². The van der Waals surface area contributed by atoms with Crippen LogP contribution in [-0.4, -0.2) is 42.6 Å². The third kappa shape index (κ3) is 5.76. The van der Waals surface area contributed by atoms with E-state index in [1.165, 1.54) is 11.1 Å². The zero-order valence-corrected chi connectivity index (χ0v) is 20.7. The van der Waals surface area contributed by atoms with Crippen molar-refractivity contribution in [1.82, 2.24) is 9.80 Å². The van der Waals surface area contributed by atoms with Crippen molar-refractivity contribution in [3.8, 4) is 0 Å². The summed E-state index contributed by atoms with van der Waals surface area (Å²) in [5.41, 5.74) is 6.05. The van der Waals surface area contributed by atoms with Gasteiger partial charge in [-0.15, -0.1) is 0 Å². The molecule has 0 amide bonds. The van der Waals surface area contributed by atoms with Gasteiger partial charge in [-0.1, -0.05) is 128 Å². The summed E-state index contributed by atoms with van der Waals surface area (Å²) in [6.45, 7) is 8.76. The fourth-order valence-corrected chi connectivity index (χ4v) is 5.09. The minimum atomic E-state index is -0.106. The number of hydrogen-bond donors (Lipinski definition) is 0. The molecule has 0 aromatic heterocycles. The van der Waals surface area contributed by atoms with Crippen molar-refractivity contribution >= 4 is 0 Å². The van der Waals surface area contributed by atoms with Crippen LogP contribution in [0.1, 0.15) is 34.4 Å². The molecule has 3 heteroatoms. The highest BCUT2D eigenvalue weighted by Gasteiger charge is 2.27. The summed E-state index contributed by atoms with van der Waals surface area (Å²) in [5.74, 6) is 0. The van der Waals surface area contributed by atoms with Gasteiger partial charge in [0.25, 0.3) is 0 Å². The predicted octanol–water partition coefficient (Wildman–Crippen LogP) is 6.71. The molecule has 0 spiro atoms. The average molecular weight is 475 g/mol. The lowest BCUT2D eigenvalue weighted by molar-refractivity contribution is 0.0682. The summed E-state index contributed by atoms with van der Waals surface area (Å²) >= 11 is 0. The normalized spacial score (nSPS) is 14.3. The van der Waals surface area contributed by atoms with Crippen LogP contribution in [0, 0.1) is 0 Å². The molecule has 1 fully saturated rings. The molecule has 0 N–H and O–H groups in total. The number of ether oxygens (including phenoxy) is 1. The van der Waals surface area contributed by atoms with Crippen LogP contribution in [0.3, 0.4) is 0 Å². The van der Waals surface area contributed by atoms with E-state index in [9.17, 15) is 0 Å². The molecule has 1 aliphatic rings. The van der Waals surface area contributed by atoms with Crippen molar-refractivity contribution in [1.29, 1.82) is 0 Å². The predicted molar refractivity (Wildman–Crippen MR) is 148 cm³/mol. The first-order valence-electron chi connectivity index (χ1n) is 12.8. The Morgan fingerprint density at radius 2 is 0.972 bits per heavy atom. The maximum absolute atomic E-state index is 6.49. The molecule has 0 bridgehead atoms. The molecule has 3 nitrogen and oxygen atoms in total. The van der Waals surface area contributed by atoms with Crippen LogP contribution < -0.4 is 0 Å². The van der Waals surface area contributed by atoms with E-state index in [0.717, 1.165) is 43.0 Å². The van der Waals surface area contributed by atoms with E-state index in [1.54, 1.807) is 0 Å². The number of hydrogen-bond acceptors (Lipinski definition) is 3. The summed E-state index contributed by atoms with van der Waals surface area (Å²) in [4.78, 5) is 4.97. The van der Waals surface area contributed by atoms with Crippen molar-refractivity contribution in [2.75, 3.05) is 32.8 Å². The minimum absolute atomic E-state index is 0.106. The summed E-state index contributed by atoms with van der Waals surface area (Å²) in [6, 6.07) is 42.8. The number of nitrogens with zero attached hydrogens (tertiary/aromatic N) is 2. The summed E-state index contributed by atoms with van der Waals surface area (Å²) in [7, 11) is 0. The zero-order valence-electron chi connectivity index (χ0n) is 20.7. The minimum Gasteiger partial charge on any atom is -0.371 e. The van der Waals surface area contributed by atoms with Gasteiger partial charge in [0.05, 0.1) is 12.6 Å². The average Bonchev–Trinajstić information content (AvgIpc) is 2.96. The van der Waals surface area contributed by atoms with Crippen LogP contribution in [0.5, 0.6) is 0 Å². The zero-order chi connectivity index (χ0) is 24.6. The van der Waals surface area contributed by atoms with E-state index < -0.39 is 0 Å². The summed E-state index contributed by atoms with van der Waals surface area (Å²) in [5, 5.41) is 0. The molecule has 0 radical (unpaired) electrons. The lowest BCUT2D eigenvalue weighted by atomic mass is 9.96. The Balaban J connectivity index is 1.24. The van der Waals surface area contributed by atoms with Crippen molar-refractivity contribution in [2.45, 2.75) is 12.1 Å². The van der Waals surface area contributed by atoms with E-state index >= 15 is 0 Å². The van der Waals surface area contributed by atoms with Crippen LogP contribution >= 0.6 is 0 Å². The largest absolute Gasteiger partial charge is 0.371 e. The Kier molecular flexibility index (Phi) is 7.92. The molecule has 0 atom stereocenters. The summed E-state index contributed by atoms with van der Waals surface area (Å²) < 4.78 is 6.49. The van der Waals surface area contributed by atoms with E-state index in [0.29, 0.717) is 6.61 Å². The van der Waals surface area contributed by atoms with Crippen molar-refractivity contribution < 1.29 is 4.74 Å². The fourth-order valence-electron chi connectivity index (χ4n) is 5.09. The van der Waals surface area contributed by atoms with E-state index in [2.05, 4.69) is 126 Å². The lowest BCUT2D eigenvalue weighted by Crippen LogP contribution is -2.47. The highest BCUT2D eigenvalue weighted by Crippen LogP contribution is 2.30. The van der Waals surface area contributed by atoms with Gasteiger partial charge in [0.1, 0.15) is 6.10 Å². The number of benzene rings is 4. The first kappa shape index (κ1) is 24.1. The van der Waals surface area contributed by atoms with Gasteiger partial charge in [0.2, 0.25) is 0 Å². The lowest BCUT2D eigenvalue weighted by Gasteiger charge is -2.41. The number of rotatable bonds is 9.